The van der Waals surface area contributed by atoms with Gasteiger partial charge in [-0.05, 0) is 37.1 Å². The summed E-state index contributed by atoms with van der Waals surface area (Å²) in [6.07, 6.45) is 0.814. The first-order chi connectivity index (χ1) is 12.9. The second kappa shape index (κ2) is 8.09. The third kappa shape index (κ3) is 4.14. The highest BCUT2D eigenvalue weighted by atomic mass is 35.5. The third-order valence-electron chi connectivity index (χ3n) is 4.58. The molecule has 27 heavy (non-hydrogen) atoms. The monoisotopic (exact) mass is 403 g/mol. The van der Waals surface area contributed by atoms with Crippen LogP contribution in [-0.4, -0.2) is 31.7 Å². The minimum Gasteiger partial charge on any atom is -0.325 e. The largest absolute Gasteiger partial charge is 0.325 e. The van der Waals surface area contributed by atoms with Crippen molar-refractivity contribution in [2.45, 2.75) is 17.7 Å². The van der Waals surface area contributed by atoms with Gasteiger partial charge in [0, 0.05) is 19.0 Å². The lowest BCUT2D eigenvalue weighted by Gasteiger charge is -2.30. The van der Waals surface area contributed by atoms with Crippen LogP contribution in [0, 0.1) is 17.2 Å². The number of nitriles is 1. The third-order valence-corrected chi connectivity index (χ3v) is 6.87. The molecule has 0 spiro atoms. The highest BCUT2D eigenvalue weighted by molar-refractivity contribution is 7.89. The van der Waals surface area contributed by atoms with Gasteiger partial charge in [0.25, 0.3) is 0 Å². The van der Waals surface area contributed by atoms with Crippen molar-refractivity contribution in [1.82, 2.24) is 4.31 Å². The van der Waals surface area contributed by atoms with Gasteiger partial charge in [0.15, 0.2) is 0 Å². The zero-order valence-corrected chi connectivity index (χ0v) is 16.0. The smallest absolute Gasteiger partial charge is 0.244 e. The lowest BCUT2D eigenvalue weighted by Crippen LogP contribution is -2.41. The summed E-state index contributed by atoms with van der Waals surface area (Å²) >= 11 is 6.06. The predicted molar refractivity (Wildman–Crippen MR) is 103 cm³/mol. The predicted octanol–water partition coefficient (Wildman–Crippen LogP) is 3.25. The Morgan fingerprint density at radius 2 is 1.74 bits per heavy atom. The zero-order chi connectivity index (χ0) is 19.4. The zero-order valence-electron chi connectivity index (χ0n) is 14.4. The summed E-state index contributed by atoms with van der Waals surface area (Å²) in [6, 6.07) is 15.0. The maximum absolute atomic E-state index is 12.8. The van der Waals surface area contributed by atoms with Crippen LogP contribution in [-0.2, 0) is 14.8 Å². The van der Waals surface area contributed by atoms with E-state index in [-0.39, 0.29) is 35.4 Å². The minimum absolute atomic E-state index is 0.00599. The molecule has 1 aliphatic rings. The van der Waals surface area contributed by atoms with Crippen LogP contribution in [0.4, 0.5) is 5.69 Å². The van der Waals surface area contributed by atoms with Crippen LogP contribution in [0.2, 0.25) is 5.02 Å². The van der Waals surface area contributed by atoms with E-state index in [1.54, 1.807) is 36.4 Å². The first kappa shape index (κ1) is 19.4. The number of nitrogens with one attached hydrogen (secondary N) is 1. The molecule has 1 fully saturated rings. The molecule has 0 aromatic heterocycles. The number of nitrogens with zero attached hydrogens (tertiary/aromatic N) is 2. The molecule has 0 unspecified atom stereocenters. The summed E-state index contributed by atoms with van der Waals surface area (Å²) in [4.78, 5) is 12.5. The molecule has 1 aliphatic heterocycles. The van der Waals surface area contributed by atoms with E-state index in [4.69, 9.17) is 16.9 Å². The van der Waals surface area contributed by atoms with E-state index in [0.29, 0.717) is 23.6 Å². The van der Waals surface area contributed by atoms with Gasteiger partial charge in [-0.3, -0.25) is 4.79 Å². The summed E-state index contributed by atoms with van der Waals surface area (Å²) < 4.78 is 27.0. The van der Waals surface area contributed by atoms with Crippen LogP contribution >= 0.6 is 11.6 Å². The van der Waals surface area contributed by atoms with Gasteiger partial charge in [0.05, 0.1) is 21.2 Å². The number of anilines is 1. The number of carbonyl (C=O) groups excluding carboxylic acids is 1. The number of hydrogen-bond donors (Lipinski definition) is 1. The fourth-order valence-electron chi connectivity index (χ4n) is 3.08. The van der Waals surface area contributed by atoms with Crippen LogP contribution in [0.3, 0.4) is 0 Å². The second-order valence-corrected chi connectivity index (χ2v) is 8.57. The first-order valence-corrected chi connectivity index (χ1v) is 10.3. The van der Waals surface area contributed by atoms with E-state index < -0.39 is 10.0 Å². The number of para-hydroxylation sites is 1. The van der Waals surface area contributed by atoms with Gasteiger partial charge in [0.1, 0.15) is 6.07 Å². The highest BCUT2D eigenvalue weighted by Gasteiger charge is 2.33. The normalized spacial score (nSPS) is 15.9. The number of rotatable bonds is 4. The number of benzene rings is 2. The second-order valence-electron chi connectivity index (χ2n) is 6.26. The summed E-state index contributed by atoms with van der Waals surface area (Å²) in [7, 11) is -3.76. The Morgan fingerprint density at radius 1 is 1.11 bits per heavy atom. The van der Waals surface area contributed by atoms with E-state index in [9.17, 15) is 13.2 Å². The van der Waals surface area contributed by atoms with Crippen molar-refractivity contribution in [3.05, 3.63) is 59.1 Å². The highest BCUT2D eigenvalue weighted by Crippen LogP contribution is 2.27. The topological polar surface area (TPSA) is 90.3 Å². The number of hydrogen-bond acceptors (Lipinski definition) is 4. The van der Waals surface area contributed by atoms with Crippen LogP contribution in [0.5, 0.6) is 0 Å². The van der Waals surface area contributed by atoms with Crippen LogP contribution in [0.15, 0.2) is 53.4 Å². The fourth-order valence-corrected chi connectivity index (χ4v) is 4.87. The number of sulfonamides is 1. The SMILES string of the molecule is N#Cc1ccccc1S(=O)(=O)N1CCC(C(=O)Nc2ccccc2Cl)CC1. The molecule has 0 saturated carbocycles. The number of piperidine rings is 1. The van der Waals surface area contributed by atoms with Crippen molar-refractivity contribution >= 4 is 33.2 Å². The molecule has 3 rings (SSSR count). The number of carbonyl (C=O) groups is 1. The van der Waals surface area contributed by atoms with E-state index in [0.717, 1.165) is 0 Å². The number of halogens is 1. The molecule has 140 valence electrons. The maximum atomic E-state index is 12.8. The van der Waals surface area contributed by atoms with Gasteiger partial charge < -0.3 is 5.32 Å². The average molecular weight is 404 g/mol. The van der Waals surface area contributed by atoms with Gasteiger partial charge in [-0.2, -0.15) is 9.57 Å². The van der Waals surface area contributed by atoms with Crippen molar-refractivity contribution in [1.29, 1.82) is 5.26 Å². The molecule has 1 heterocycles. The fraction of sp³-hybridized carbons (Fsp3) is 0.263. The van der Waals surface area contributed by atoms with E-state index in [2.05, 4.69) is 5.32 Å². The Morgan fingerprint density at radius 3 is 2.41 bits per heavy atom. The van der Waals surface area contributed by atoms with Crippen molar-refractivity contribution < 1.29 is 13.2 Å². The summed E-state index contributed by atoms with van der Waals surface area (Å²) in [5.74, 6) is -0.462. The lowest BCUT2D eigenvalue weighted by molar-refractivity contribution is -0.120. The molecular weight excluding hydrogens is 386 g/mol. The molecule has 8 heteroatoms. The van der Waals surface area contributed by atoms with Gasteiger partial charge in [-0.15, -0.1) is 0 Å². The van der Waals surface area contributed by atoms with Crippen LogP contribution in [0.25, 0.3) is 0 Å². The summed E-state index contributed by atoms with van der Waals surface area (Å²) in [6.45, 7) is 0.450. The maximum Gasteiger partial charge on any atom is 0.244 e. The van der Waals surface area contributed by atoms with Gasteiger partial charge in [-0.25, -0.2) is 8.42 Å². The van der Waals surface area contributed by atoms with Gasteiger partial charge in [-0.1, -0.05) is 35.9 Å². The van der Waals surface area contributed by atoms with E-state index in [1.807, 2.05) is 6.07 Å². The van der Waals surface area contributed by atoms with E-state index in [1.165, 1.54) is 16.4 Å². The molecule has 1 N–H and O–H groups in total. The molecular formula is C19H18ClN3O3S. The first-order valence-electron chi connectivity index (χ1n) is 8.48. The van der Waals surface area contributed by atoms with Crippen molar-refractivity contribution in [3.8, 4) is 6.07 Å². The van der Waals surface area contributed by atoms with Gasteiger partial charge in [0.2, 0.25) is 15.9 Å². The summed E-state index contributed by atoms with van der Waals surface area (Å²) in [5, 5.41) is 12.4. The molecule has 1 amide bonds. The van der Waals surface area contributed by atoms with Crippen molar-refractivity contribution in [2.75, 3.05) is 18.4 Å². The molecule has 1 saturated heterocycles. The summed E-state index contributed by atoms with van der Waals surface area (Å²) in [5.41, 5.74) is 0.665. The van der Waals surface area contributed by atoms with Crippen LogP contribution in [0.1, 0.15) is 18.4 Å². The lowest BCUT2D eigenvalue weighted by atomic mass is 9.97. The van der Waals surface area contributed by atoms with Gasteiger partial charge >= 0.3 is 0 Å². The molecule has 0 bridgehead atoms. The Balaban J connectivity index is 1.67. The molecule has 2 aromatic rings. The molecule has 2 aromatic carbocycles. The molecule has 0 atom stereocenters. The van der Waals surface area contributed by atoms with E-state index >= 15 is 0 Å². The molecule has 0 radical (unpaired) electrons. The minimum atomic E-state index is -3.76. The standard InChI is InChI=1S/C19H18ClN3O3S/c20-16-6-2-3-7-17(16)22-19(24)14-9-11-23(12-10-14)27(25,26)18-8-4-1-5-15(18)13-21/h1-8,14H,9-12H2,(H,22,24). The Kier molecular flexibility index (Phi) is 5.80. The average Bonchev–Trinajstić information content (AvgIpc) is 2.69. The Hall–Kier alpha value is -2.40. The van der Waals surface area contributed by atoms with Crippen molar-refractivity contribution in [3.63, 3.8) is 0 Å². The molecule has 6 nitrogen and oxygen atoms in total. The van der Waals surface area contributed by atoms with Crippen LogP contribution < -0.4 is 5.32 Å². The number of amides is 1. The molecule has 0 aliphatic carbocycles. The Bertz CT molecular complexity index is 993. The quantitative estimate of drug-likeness (QED) is 0.848. The Labute approximate surface area is 163 Å². The van der Waals surface area contributed by atoms with Crippen molar-refractivity contribution in [2.24, 2.45) is 5.92 Å².